The molecule has 0 unspecified atom stereocenters. The highest BCUT2D eigenvalue weighted by Crippen LogP contribution is 2.37. The summed E-state index contributed by atoms with van der Waals surface area (Å²) in [6, 6.07) is 3.24. The van der Waals surface area contributed by atoms with Gasteiger partial charge in [-0.1, -0.05) is 6.92 Å². The van der Waals surface area contributed by atoms with Gasteiger partial charge >= 0.3 is 5.97 Å². The molecule has 0 saturated carbocycles. The monoisotopic (exact) mass is 251 g/mol. The van der Waals surface area contributed by atoms with Crippen LogP contribution in [0.25, 0.3) is 0 Å². The van der Waals surface area contributed by atoms with Gasteiger partial charge in [0.25, 0.3) is 0 Å². The Morgan fingerprint density at radius 1 is 1.28 bits per heavy atom. The number of hydrogen-bond donors (Lipinski definition) is 1. The summed E-state index contributed by atoms with van der Waals surface area (Å²) >= 11 is 0. The van der Waals surface area contributed by atoms with E-state index in [1.165, 1.54) is 13.2 Å². The van der Waals surface area contributed by atoms with E-state index in [1.54, 1.807) is 13.2 Å². The molecule has 5 nitrogen and oxygen atoms in total. The molecule has 18 heavy (non-hydrogen) atoms. The second-order valence-electron chi connectivity index (χ2n) is 4.54. The normalized spacial score (nSPS) is 15.2. The predicted molar refractivity (Wildman–Crippen MR) is 67.9 cm³/mol. The average molecular weight is 251 g/mol. The number of methoxy groups -OCH3 is 2. The quantitative estimate of drug-likeness (QED) is 0.885. The van der Waals surface area contributed by atoms with Crippen molar-refractivity contribution in [3.63, 3.8) is 0 Å². The molecule has 5 heteroatoms. The van der Waals surface area contributed by atoms with E-state index in [0.29, 0.717) is 23.1 Å². The van der Waals surface area contributed by atoms with Crippen molar-refractivity contribution in [2.75, 3.05) is 32.2 Å². The highest BCUT2D eigenvalue weighted by Gasteiger charge is 2.28. The van der Waals surface area contributed by atoms with Gasteiger partial charge in [0.2, 0.25) is 0 Å². The first-order chi connectivity index (χ1) is 8.56. The zero-order valence-electron chi connectivity index (χ0n) is 10.8. The van der Waals surface area contributed by atoms with Crippen LogP contribution in [0.5, 0.6) is 11.5 Å². The van der Waals surface area contributed by atoms with E-state index in [0.717, 1.165) is 13.1 Å². The van der Waals surface area contributed by atoms with Crippen molar-refractivity contribution in [2.24, 2.45) is 5.92 Å². The number of carboxylic acid groups (broad SMARTS) is 1. The highest BCUT2D eigenvalue weighted by atomic mass is 16.5. The Morgan fingerprint density at radius 3 is 2.28 bits per heavy atom. The number of aromatic carboxylic acids is 1. The molecule has 1 fully saturated rings. The Labute approximate surface area is 106 Å². The Balaban J connectivity index is 2.45. The van der Waals surface area contributed by atoms with E-state index in [-0.39, 0.29) is 5.56 Å². The molecule has 1 aromatic carbocycles. The molecule has 0 bridgehead atoms. The fourth-order valence-corrected chi connectivity index (χ4v) is 2.20. The summed E-state index contributed by atoms with van der Waals surface area (Å²) in [5.41, 5.74) is 0.942. The van der Waals surface area contributed by atoms with E-state index in [2.05, 4.69) is 6.92 Å². The predicted octanol–water partition coefficient (Wildman–Crippen LogP) is 1.86. The standard InChI is InChI=1S/C13H17NO4/c1-8-6-14(7-8)10-5-12(18-3)11(17-2)4-9(10)13(15)16/h4-5,8H,6-7H2,1-3H3,(H,15,16). The lowest BCUT2D eigenvalue weighted by atomic mass is 9.99. The molecule has 2 rings (SSSR count). The van der Waals surface area contributed by atoms with Crippen LogP contribution in [0, 0.1) is 5.92 Å². The van der Waals surface area contributed by atoms with Gasteiger partial charge in [0.05, 0.1) is 25.5 Å². The summed E-state index contributed by atoms with van der Waals surface area (Å²) in [6.45, 7) is 3.88. The number of anilines is 1. The summed E-state index contributed by atoms with van der Waals surface area (Å²) in [5.74, 6) is 0.634. The summed E-state index contributed by atoms with van der Waals surface area (Å²) < 4.78 is 10.3. The van der Waals surface area contributed by atoms with Gasteiger partial charge in [0, 0.05) is 25.2 Å². The van der Waals surface area contributed by atoms with E-state index in [4.69, 9.17) is 9.47 Å². The first kappa shape index (κ1) is 12.5. The van der Waals surface area contributed by atoms with Crippen molar-refractivity contribution in [1.82, 2.24) is 0 Å². The van der Waals surface area contributed by atoms with Crippen LogP contribution >= 0.6 is 0 Å². The van der Waals surface area contributed by atoms with Gasteiger partial charge in [-0.25, -0.2) is 4.79 Å². The molecular formula is C13H17NO4. The molecule has 1 aliphatic heterocycles. The van der Waals surface area contributed by atoms with Gasteiger partial charge in [-0.2, -0.15) is 0 Å². The minimum atomic E-state index is -0.953. The van der Waals surface area contributed by atoms with E-state index < -0.39 is 5.97 Å². The number of ether oxygens (including phenoxy) is 2. The zero-order chi connectivity index (χ0) is 13.3. The third kappa shape index (κ3) is 2.08. The van der Waals surface area contributed by atoms with Gasteiger partial charge in [-0.3, -0.25) is 0 Å². The molecule has 0 amide bonds. The number of carboxylic acids is 1. The van der Waals surface area contributed by atoms with Crippen LogP contribution in [0.1, 0.15) is 17.3 Å². The number of rotatable bonds is 4. The summed E-state index contributed by atoms with van der Waals surface area (Å²) in [5, 5.41) is 9.26. The largest absolute Gasteiger partial charge is 0.493 e. The molecule has 0 atom stereocenters. The SMILES string of the molecule is COc1cc(C(=O)O)c(N2CC(C)C2)cc1OC. The molecular weight excluding hydrogens is 234 g/mol. The fraction of sp³-hybridized carbons (Fsp3) is 0.462. The Bertz CT molecular complexity index is 466. The molecule has 1 saturated heterocycles. The maximum atomic E-state index is 11.3. The minimum absolute atomic E-state index is 0.250. The van der Waals surface area contributed by atoms with Crippen LogP contribution in [0.4, 0.5) is 5.69 Å². The number of carbonyl (C=O) groups is 1. The van der Waals surface area contributed by atoms with Crippen molar-refractivity contribution in [2.45, 2.75) is 6.92 Å². The molecule has 1 aliphatic rings. The lowest BCUT2D eigenvalue weighted by Gasteiger charge is -2.40. The summed E-state index contributed by atoms with van der Waals surface area (Å²) in [4.78, 5) is 13.3. The van der Waals surface area contributed by atoms with Crippen LogP contribution in [0.15, 0.2) is 12.1 Å². The van der Waals surface area contributed by atoms with Crippen LogP contribution in [0.3, 0.4) is 0 Å². The van der Waals surface area contributed by atoms with E-state index in [1.807, 2.05) is 4.90 Å². The van der Waals surface area contributed by atoms with Gasteiger partial charge in [0.15, 0.2) is 11.5 Å². The zero-order valence-corrected chi connectivity index (χ0v) is 10.8. The average Bonchev–Trinajstić information content (AvgIpc) is 2.33. The Hall–Kier alpha value is -1.91. The van der Waals surface area contributed by atoms with Crippen LogP contribution in [0.2, 0.25) is 0 Å². The maximum Gasteiger partial charge on any atom is 0.337 e. The topological polar surface area (TPSA) is 59.0 Å². The van der Waals surface area contributed by atoms with Gasteiger partial charge in [0.1, 0.15) is 0 Å². The Morgan fingerprint density at radius 2 is 1.83 bits per heavy atom. The number of hydrogen-bond acceptors (Lipinski definition) is 4. The van der Waals surface area contributed by atoms with Gasteiger partial charge in [-0.05, 0) is 5.92 Å². The first-order valence-corrected chi connectivity index (χ1v) is 5.81. The van der Waals surface area contributed by atoms with E-state index in [9.17, 15) is 9.90 Å². The number of nitrogens with zero attached hydrogens (tertiary/aromatic N) is 1. The van der Waals surface area contributed by atoms with Crippen molar-refractivity contribution in [1.29, 1.82) is 0 Å². The van der Waals surface area contributed by atoms with Crippen LogP contribution in [-0.4, -0.2) is 38.4 Å². The second kappa shape index (κ2) is 4.76. The van der Waals surface area contributed by atoms with Crippen molar-refractivity contribution < 1.29 is 19.4 Å². The fourth-order valence-electron chi connectivity index (χ4n) is 2.20. The van der Waals surface area contributed by atoms with Gasteiger partial charge < -0.3 is 19.5 Å². The van der Waals surface area contributed by atoms with Crippen LogP contribution < -0.4 is 14.4 Å². The first-order valence-electron chi connectivity index (χ1n) is 5.81. The van der Waals surface area contributed by atoms with E-state index >= 15 is 0 Å². The van der Waals surface area contributed by atoms with Crippen LogP contribution in [-0.2, 0) is 0 Å². The second-order valence-corrected chi connectivity index (χ2v) is 4.54. The lowest BCUT2D eigenvalue weighted by Crippen LogP contribution is -2.45. The Kier molecular flexibility index (Phi) is 3.32. The van der Waals surface area contributed by atoms with Crippen molar-refractivity contribution in [3.8, 4) is 11.5 Å². The molecule has 1 N–H and O–H groups in total. The third-order valence-electron chi connectivity index (χ3n) is 3.14. The summed E-state index contributed by atoms with van der Waals surface area (Å²) in [7, 11) is 3.04. The smallest absolute Gasteiger partial charge is 0.337 e. The van der Waals surface area contributed by atoms with Gasteiger partial charge in [-0.15, -0.1) is 0 Å². The van der Waals surface area contributed by atoms with Crippen molar-refractivity contribution in [3.05, 3.63) is 17.7 Å². The third-order valence-corrected chi connectivity index (χ3v) is 3.14. The molecule has 1 aromatic rings. The summed E-state index contributed by atoms with van der Waals surface area (Å²) in [6.07, 6.45) is 0. The molecule has 0 aliphatic carbocycles. The highest BCUT2D eigenvalue weighted by molar-refractivity contribution is 5.96. The maximum absolute atomic E-state index is 11.3. The van der Waals surface area contributed by atoms with Crippen molar-refractivity contribution >= 4 is 11.7 Å². The number of benzene rings is 1. The lowest BCUT2D eigenvalue weighted by molar-refractivity contribution is 0.0696. The minimum Gasteiger partial charge on any atom is -0.493 e. The molecule has 1 heterocycles. The molecule has 98 valence electrons. The molecule has 0 radical (unpaired) electrons. The molecule has 0 spiro atoms. The molecule has 0 aromatic heterocycles.